The number of carbonyl (C=O) groups is 2. The summed E-state index contributed by atoms with van der Waals surface area (Å²) in [5.41, 5.74) is -0.0694. The summed E-state index contributed by atoms with van der Waals surface area (Å²) in [5, 5.41) is 14.0. The van der Waals surface area contributed by atoms with Gasteiger partial charge in [-0.3, -0.25) is 14.2 Å². The van der Waals surface area contributed by atoms with Crippen molar-refractivity contribution in [1.29, 1.82) is 0 Å². The molecule has 2 aromatic rings. The number of ether oxygens (including phenoxy) is 2. The Labute approximate surface area is 203 Å². The molecule has 2 aliphatic rings. The molecule has 2 saturated heterocycles. The van der Waals surface area contributed by atoms with Crippen molar-refractivity contribution in [2.24, 2.45) is 0 Å². The summed E-state index contributed by atoms with van der Waals surface area (Å²) in [5.74, 6) is -0.0637. The summed E-state index contributed by atoms with van der Waals surface area (Å²) >= 11 is 0. The Morgan fingerprint density at radius 2 is 2.03 bits per heavy atom. The molecule has 1 amide bonds. The number of pyridine rings is 1. The second-order valence-corrected chi connectivity index (χ2v) is 10.2. The molecule has 4 rings (SSSR count). The van der Waals surface area contributed by atoms with Crippen molar-refractivity contribution in [3.63, 3.8) is 0 Å². The second-order valence-electron chi connectivity index (χ2n) is 10.2. The van der Waals surface area contributed by atoms with Crippen LogP contribution in [0.1, 0.15) is 62.5 Å². The highest BCUT2D eigenvalue weighted by molar-refractivity contribution is 5.99. The van der Waals surface area contributed by atoms with Crippen LogP contribution in [0.4, 0.5) is 10.7 Å². The molecule has 2 aromatic heterocycles. The Morgan fingerprint density at radius 3 is 2.69 bits per heavy atom. The number of anilines is 1. The minimum atomic E-state index is -0.704. The molecule has 190 valence electrons. The van der Waals surface area contributed by atoms with E-state index in [1.165, 1.54) is 11.5 Å². The normalized spacial score (nSPS) is 22.9. The van der Waals surface area contributed by atoms with Crippen molar-refractivity contribution in [3.05, 3.63) is 27.7 Å². The Bertz CT molecular complexity index is 1200. The molecule has 0 aromatic carbocycles. The fourth-order valence-corrected chi connectivity index (χ4v) is 4.66. The molecular weight excluding hydrogens is 454 g/mol. The number of carbonyl (C=O) groups excluding carboxylic acids is 2. The molecule has 35 heavy (non-hydrogen) atoms. The minimum Gasteiger partial charge on any atom is -0.444 e. The summed E-state index contributed by atoms with van der Waals surface area (Å²) in [4.78, 5) is 49.2. The lowest BCUT2D eigenvalue weighted by atomic mass is 10.0. The molecule has 0 unspecified atom stereocenters. The first-order chi connectivity index (χ1) is 16.5. The van der Waals surface area contributed by atoms with Gasteiger partial charge in [-0.25, -0.2) is 9.78 Å². The highest BCUT2D eigenvalue weighted by Gasteiger charge is 2.33. The van der Waals surface area contributed by atoms with Gasteiger partial charge in [0.15, 0.2) is 5.78 Å². The van der Waals surface area contributed by atoms with Crippen LogP contribution in [0.15, 0.2) is 11.0 Å². The van der Waals surface area contributed by atoms with Gasteiger partial charge in [-0.1, -0.05) is 0 Å². The maximum absolute atomic E-state index is 13.6. The first kappa shape index (κ1) is 25.1. The Kier molecular flexibility index (Phi) is 6.83. The lowest BCUT2D eigenvalue weighted by Gasteiger charge is -2.28. The number of hydrogen-bond acceptors (Lipinski definition) is 9. The largest absolute Gasteiger partial charge is 0.444 e. The van der Waals surface area contributed by atoms with E-state index in [0.29, 0.717) is 42.6 Å². The Morgan fingerprint density at radius 1 is 1.29 bits per heavy atom. The third-order valence-electron chi connectivity index (χ3n) is 6.38. The zero-order valence-electron chi connectivity index (χ0n) is 20.8. The Balaban J connectivity index is 1.75. The van der Waals surface area contributed by atoms with Crippen molar-refractivity contribution >= 4 is 28.9 Å². The summed E-state index contributed by atoms with van der Waals surface area (Å²) in [6, 6.07) is -0.666. The van der Waals surface area contributed by atoms with Crippen LogP contribution in [0.2, 0.25) is 0 Å². The van der Waals surface area contributed by atoms with E-state index < -0.39 is 23.4 Å². The lowest BCUT2D eigenvalue weighted by Crippen LogP contribution is -2.42. The van der Waals surface area contributed by atoms with Gasteiger partial charge in [0.1, 0.15) is 11.2 Å². The van der Waals surface area contributed by atoms with Crippen LogP contribution in [-0.2, 0) is 9.47 Å². The van der Waals surface area contributed by atoms with Crippen molar-refractivity contribution in [3.8, 4) is 0 Å². The van der Waals surface area contributed by atoms with Gasteiger partial charge >= 0.3 is 6.09 Å². The summed E-state index contributed by atoms with van der Waals surface area (Å²) in [7, 11) is 0. The number of aliphatic hydroxyl groups is 1. The number of aromatic nitrogens is 3. The van der Waals surface area contributed by atoms with Crippen LogP contribution in [0.3, 0.4) is 0 Å². The van der Waals surface area contributed by atoms with Crippen molar-refractivity contribution in [2.45, 2.75) is 71.2 Å². The van der Waals surface area contributed by atoms with Crippen molar-refractivity contribution in [1.82, 2.24) is 19.4 Å². The first-order valence-corrected chi connectivity index (χ1v) is 11.9. The van der Waals surface area contributed by atoms with Crippen LogP contribution in [0.25, 0.3) is 11.0 Å². The molecular formula is C24H33N5O6. The second kappa shape index (κ2) is 9.54. The van der Waals surface area contributed by atoms with Gasteiger partial charge in [0.2, 0.25) is 5.95 Å². The number of nitrogens with zero attached hydrogens (tertiary/aromatic N) is 4. The van der Waals surface area contributed by atoms with Gasteiger partial charge in [0.25, 0.3) is 5.56 Å². The summed E-state index contributed by atoms with van der Waals surface area (Å²) in [6.45, 7) is 9.90. The lowest BCUT2D eigenvalue weighted by molar-refractivity contribution is -0.0136. The highest BCUT2D eigenvalue weighted by Crippen LogP contribution is 2.28. The quantitative estimate of drug-likeness (QED) is 0.621. The molecule has 0 spiro atoms. The zero-order valence-corrected chi connectivity index (χ0v) is 20.8. The van der Waals surface area contributed by atoms with Crippen LogP contribution in [-0.4, -0.2) is 80.5 Å². The number of nitrogens with one attached hydrogen (secondary N) is 1. The highest BCUT2D eigenvalue weighted by atomic mass is 16.6. The number of likely N-dealkylation sites (tertiary alicyclic amines) is 1. The molecule has 11 nitrogen and oxygen atoms in total. The average Bonchev–Trinajstić information content (AvgIpc) is 3.24. The molecule has 11 heteroatoms. The van der Waals surface area contributed by atoms with Crippen molar-refractivity contribution < 1.29 is 24.2 Å². The number of Topliss-reactive ketones (excluding diaryl/α,β-unsaturated/α-hetero) is 1. The molecule has 2 aliphatic heterocycles. The monoisotopic (exact) mass is 487 g/mol. The van der Waals surface area contributed by atoms with Crippen LogP contribution in [0.5, 0.6) is 0 Å². The maximum atomic E-state index is 13.6. The fourth-order valence-electron chi connectivity index (χ4n) is 4.66. The smallest absolute Gasteiger partial charge is 0.410 e. The van der Waals surface area contributed by atoms with Crippen LogP contribution >= 0.6 is 0 Å². The predicted octanol–water partition coefficient (Wildman–Crippen LogP) is 2.05. The molecule has 0 aliphatic carbocycles. The van der Waals surface area contributed by atoms with E-state index in [-0.39, 0.29) is 42.5 Å². The number of fused-ring (bicyclic) bond motifs is 1. The number of rotatable bonds is 4. The van der Waals surface area contributed by atoms with Crippen LogP contribution < -0.4 is 10.9 Å². The zero-order chi connectivity index (χ0) is 25.5. The fraction of sp³-hybridized carbons (Fsp3) is 0.625. The van der Waals surface area contributed by atoms with E-state index in [1.54, 1.807) is 38.8 Å². The van der Waals surface area contributed by atoms with E-state index in [0.717, 1.165) is 0 Å². The predicted molar refractivity (Wildman–Crippen MR) is 129 cm³/mol. The molecule has 2 N–H and O–H groups in total. The molecule has 0 radical (unpaired) electrons. The Hall–Kier alpha value is -3.05. The maximum Gasteiger partial charge on any atom is 0.410 e. The molecule has 4 heterocycles. The molecule has 0 saturated carbocycles. The standard InChI is InChI=1S/C24H33N5O6/c1-13-16-10-25-22(26-17-7-9-34-12-18(17)31)27-20(16)29(21(32)19(13)14(2)30)15-6-8-28(11-15)23(33)35-24(3,4)5/h10,15,17-18,31H,6-9,11-12H2,1-5H3,(H,25,26,27)/t15-,17+,18+/m0/s1. The molecule has 0 bridgehead atoms. The topological polar surface area (TPSA) is 136 Å². The number of amides is 1. The number of aliphatic hydroxyl groups excluding tert-OH is 1. The van der Waals surface area contributed by atoms with Gasteiger partial charge in [-0.15, -0.1) is 0 Å². The minimum absolute atomic E-state index is 0.0948. The molecule has 3 atom stereocenters. The third-order valence-corrected chi connectivity index (χ3v) is 6.38. The third kappa shape index (κ3) is 5.15. The van der Waals surface area contributed by atoms with Gasteiger partial charge < -0.3 is 24.8 Å². The van der Waals surface area contributed by atoms with E-state index in [9.17, 15) is 19.5 Å². The van der Waals surface area contributed by atoms with E-state index >= 15 is 0 Å². The number of hydrogen-bond donors (Lipinski definition) is 2. The van der Waals surface area contributed by atoms with E-state index in [2.05, 4.69) is 15.3 Å². The SMILES string of the molecule is CC(=O)c1c(C)c2cnc(N[C@@H]3CCOC[C@H]3O)nc2n([C@H]2CCN(C(=O)OC(C)(C)C)C2)c1=O. The van der Waals surface area contributed by atoms with E-state index in [4.69, 9.17) is 9.47 Å². The first-order valence-electron chi connectivity index (χ1n) is 11.9. The summed E-state index contributed by atoms with van der Waals surface area (Å²) < 4.78 is 12.3. The number of ketones is 1. The number of aryl methyl sites for hydroxylation is 1. The van der Waals surface area contributed by atoms with Gasteiger partial charge in [-0.2, -0.15) is 4.98 Å². The van der Waals surface area contributed by atoms with Gasteiger partial charge in [0.05, 0.1) is 30.4 Å². The van der Waals surface area contributed by atoms with Gasteiger partial charge in [-0.05, 0) is 53.0 Å². The average molecular weight is 488 g/mol. The van der Waals surface area contributed by atoms with Crippen molar-refractivity contribution in [2.75, 3.05) is 31.6 Å². The van der Waals surface area contributed by atoms with Gasteiger partial charge in [0, 0.05) is 31.3 Å². The van der Waals surface area contributed by atoms with E-state index in [1.807, 2.05) is 0 Å². The molecule has 2 fully saturated rings. The van der Waals surface area contributed by atoms with Crippen LogP contribution in [0, 0.1) is 6.92 Å². The summed E-state index contributed by atoms with van der Waals surface area (Å²) in [6.07, 6.45) is 1.55.